The monoisotopic (exact) mass is 219 g/mol. The molecule has 0 aromatic heterocycles. The van der Waals surface area contributed by atoms with E-state index in [1.807, 2.05) is 0 Å². The van der Waals surface area contributed by atoms with Gasteiger partial charge in [0.25, 0.3) is 0 Å². The van der Waals surface area contributed by atoms with E-state index in [0.717, 1.165) is 6.54 Å². The minimum Gasteiger partial charge on any atom is -0.314 e. The Bertz CT molecular complexity index is 289. The van der Waals surface area contributed by atoms with Crippen LogP contribution in [0.2, 0.25) is 0 Å². The minimum atomic E-state index is 0.645. The van der Waals surface area contributed by atoms with E-state index in [2.05, 4.69) is 57.3 Å². The van der Waals surface area contributed by atoms with Crippen LogP contribution in [0, 0.1) is 12.8 Å². The van der Waals surface area contributed by atoms with Crippen molar-refractivity contribution in [3.63, 3.8) is 0 Å². The van der Waals surface area contributed by atoms with Crippen LogP contribution in [0.15, 0.2) is 24.3 Å². The average molecular weight is 219 g/mol. The Morgan fingerprint density at radius 3 is 2.25 bits per heavy atom. The van der Waals surface area contributed by atoms with E-state index < -0.39 is 0 Å². The summed E-state index contributed by atoms with van der Waals surface area (Å²) in [4.78, 5) is 0. The summed E-state index contributed by atoms with van der Waals surface area (Å²) >= 11 is 0. The zero-order valence-electron chi connectivity index (χ0n) is 11.1. The molecule has 0 aliphatic rings. The molecule has 0 radical (unpaired) electrons. The van der Waals surface area contributed by atoms with E-state index in [4.69, 9.17) is 0 Å². The maximum Gasteiger partial charge on any atom is 0.00931 e. The lowest BCUT2D eigenvalue weighted by molar-refractivity contribution is 0.371. The van der Waals surface area contributed by atoms with Gasteiger partial charge in [0.05, 0.1) is 0 Å². The van der Waals surface area contributed by atoms with Crippen molar-refractivity contribution in [2.24, 2.45) is 5.92 Å². The van der Waals surface area contributed by atoms with Gasteiger partial charge in [-0.25, -0.2) is 0 Å². The summed E-state index contributed by atoms with van der Waals surface area (Å²) in [6.45, 7) is 9.99. The molecule has 2 unspecified atom stereocenters. The number of benzene rings is 1. The fourth-order valence-electron chi connectivity index (χ4n) is 2.25. The molecule has 0 saturated carbocycles. The molecular weight excluding hydrogens is 194 g/mol. The van der Waals surface area contributed by atoms with Crippen LogP contribution in [0.3, 0.4) is 0 Å². The predicted octanol–water partition coefficient (Wildman–Crippen LogP) is 3.56. The molecule has 1 aromatic carbocycles. The molecule has 1 nitrogen and oxygen atoms in total. The molecular formula is C15H25N. The lowest BCUT2D eigenvalue weighted by Crippen LogP contribution is -2.35. The predicted molar refractivity (Wildman–Crippen MR) is 71.8 cm³/mol. The van der Waals surface area contributed by atoms with Crippen molar-refractivity contribution in [1.29, 1.82) is 0 Å². The van der Waals surface area contributed by atoms with Gasteiger partial charge in [0.1, 0.15) is 0 Å². The SMILES string of the molecule is CCNC(CC)C(C)Cc1ccc(C)cc1. The molecule has 0 spiro atoms. The van der Waals surface area contributed by atoms with Crippen molar-refractivity contribution in [3.8, 4) is 0 Å². The zero-order chi connectivity index (χ0) is 12.0. The summed E-state index contributed by atoms with van der Waals surface area (Å²) < 4.78 is 0. The molecule has 2 atom stereocenters. The lowest BCUT2D eigenvalue weighted by atomic mass is 9.92. The third-order valence-corrected chi connectivity index (χ3v) is 3.27. The van der Waals surface area contributed by atoms with Gasteiger partial charge in [-0.1, -0.05) is 50.6 Å². The van der Waals surface area contributed by atoms with Crippen molar-refractivity contribution < 1.29 is 0 Å². The zero-order valence-corrected chi connectivity index (χ0v) is 11.1. The molecule has 0 aliphatic carbocycles. The average Bonchev–Trinajstić information content (AvgIpc) is 2.29. The third-order valence-electron chi connectivity index (χ3n) is 3.27. The molecule has 90 valence electrons. The molecule has 0 heterocycles. The van der Waals surface area contributed by atoms with Crippen molar-refractivity contribution >= 4 is 0 Å². The topological polar surface area (TPSA) is 12.0 Å². The van der Waals surface area contributed by atoms with E-state index in [9.17, 15) is 0 Å². The Morgan fingerprint density at radius 2 is 1.75 bits per heavy atom. The van der Waals surface area contributed by atoms with E-state index in [1.54, 1.807) is 0 Å². The fourth-order valence-corrected chi connectivity index (χ4v) is 2.25. The van der Waals surface area contributed by atoms with Crippen LogP contribution in [0.4, 0.5) is 0 Å². The smallest absolute Gasteiger partial charge is 0.00931 e. The van der Waals surface area contributed by atoms with Crippen LogP contribution in [-0.2, 0) is 6.42 Å². The summed E-state index contributed by atoms with van der Waals surface area (Å²) in [5.41, 5.74) is 2.80. The van der Waals surface area contributed by atoms with Crippen LogP contribution in [-0.4, -0.2) is 12.6 Å². The first-order valence-corrected chi connectivity index (χ1v) is 6.46. The number of rotatable bonds is 6. The number of hydrogen-bond donors (Lipinski definition) is 1. The maximum atomic E-state index is 3.56. The second kappa shape index (κ2) is 6.70. The first-order valence-electron chi connectivity index (χ1n) is 6.46. The van der Waals surface area contributed by atoms with E-state index in [1.165, 1.54) is 24.0 Å². The highest BCUT2D eigenvalue weighted by Crippen LogP contribution is 2.15. The Hall–Kier alpha value is -0.820. The molecule has 0 aliphatic heterocycles. The third kappa shape index (κ3) is 3.97. The van der Waals surface area contributed by atoms with E-state index in [0.29, 0.717) is 12.0 Å². The highest BCUT2D eigenvalue weighted by molar-refractivity contribution is 5.21. The molecule has 0 bridgehead atoms. The molecule has 1 aromatic rings. The Labute approximate surface area is 100 Å². The highest BCUT2D eigenvalue weighted by atomic mass is 14.9. The number of nitrogens with one attached hydrogen (secondary N) is 1. The van der Waals surface area contributed by atoms with Crippen LogP contribution in [0.5, 0.6) is 0 Å². The first kappa shape index (κ1) is 13.2. The van der Waals surface area contributed by atoms with E-state index >= 15 is 0 Å². The highest BCUT2D eigenvalue weighted by Gasteiger charge is 2.14. The van der Waals surface area contributed by atoms with Gasteiger partial charge in [0.15, 0.2) is 0 Å². The number of hydrogen-bond acceptors (Lipinski definition) is 1. The second-order valence-electron chi connectivity index (χ2n) is 4.74. The van der Waals surface area contributed by atoms with Gasteiger partial charge in [0.2, 0.25) is 0 Å². The van der Waals surface area contributed by atoms with Gasteiger partial charge in [-0.3, -0.25) is 0 Å². The summed E-state index contributed by atoms with van der Waals surface area (Å²) in [6, 6.07) is 9.56. The summed E-state index contributed by atoms with van der Waals surface area (Å²) in [7, 11) is 0. The van der Waals surface area contributed by atoms with Gasteiger partial charge < -0.3 is 5.32 Å². The van der Waals surface area contributed by atoms with Crippen LogP contribution in [0.25, 0.3) is 0 Å². The van der Waals surface area contributed by atoms with Crippen molar-refractivity contribution in [2.75, 3.05) is 6.54 Å². The molecule has 0 fully saturated rings. The standard InChI is InChI=1S/C15H25N/c1-5-15(16-6-2)13(4)11-14-9-7-12(3)8-10-14/h7-10,13,15-16H,5-6,11H2,1-4H3. The second-order valence-corrected chi connectivity index (χ2v) is 4.74. The molecule has 0 saturated heterocycles. The normalized spacial score (nSPS) is 14.8. The van der Waals surface area contributed by atoms with Crippen LogP contribution >= 0.6 is 0 Å². The van der Waals surface area contributed by atoms with Gasteiger partial charge in [-0.2, -0.15) is 0 Å². The molecule has 16 heavy (non-hydrogen) atoms. The van der Waals surface area contributed by atoms with E-state index in [-0.39, 0.29) is 0 Å². The van der Waals surface area contributed by atoms with Gasteiger partial charge in [-0.15, -0.1) is 0 Å². The lowest BCUT2D eigenvalue weighted by Gasteiger charge is -2.23. The molecule has 1 heteroatoms. The summed E-state index contributed by atoms with van der Waals surface area (Å²) in [5.74, 6) is 0.702. The molecule has 0 amide bonds. The van der Waals surface area contributed by atoms with Gasteiger partial charge in [0, 0.05) is 6.04 Å². The summed E-state index contributed by atoms with van der Waals surface area (Å²) in [6.07, 6.45) is 2.38. The Kier molecular flexibility index (Phi) is 5.54. The Morgan fingerprint density at radius 1 is 1.12 bits per heavy atom. The molecule has 1 N–H and O–H groups in total. The molecule has 1 rings (SSSR count). The number of aryl methyl sites for hydroxylation is 1. The first-order chi connectivity index (χ1) is 7.67. The van der Waals surface area contributed by atoms with Crippen LogP contribution in [0.1, 0.15) is 38.3 Å². The fraction of sp³-hybridized carbons (Fsp3) is 0.600. The minimum absolute atomic E-state index is 0.645. The largest absolute Gasteiger partial charge is 0.314 e. The Balaban J connectivity index is 2.55. The van der Waals surface area contributed by atoms with Crippen molar-refractivity contribution in [1.82, 2.24) is 5.32 Å². The van der Waals surface area contributed by atoms with Crippen molar-refractivity contribution in [2.45, 2.75) is 46.6 Å². The quantitative estimate of drug-likeness (QED) is 0.771. The maximum absolute atomic E-state index is 3.56. The summed E-state index contributed by atoms with van der Waals surface area (Å²) in [5, 5.41) is 3.56. The van der Waals surface area contributed by atoms with Gasteiger partial charge in [-0.05, 0) is 37.8 Å². The van der Waals surface area contributed by atoms with Gasteiger partial charge >= 0.3 is 0 Å². The van der Waals surface area contributed by atoms with Crippen molar-refractivity contribution in [3.05, 3.63) is 35.4 Å². The van der Waals surface area contributed by atoms with Crippen LogP contribution < -0.4 is 5.32 Å².